The van der Waals surface area contributed by atoms with Crippen LogP contribution in [-0.2, 0) is 13.6 Å². The Morgan fingerprint density at radius 3 is 2.65 bits per heavy atom. The average Bonchev–Trinajstić information content (AvgIpc) is 2.76. The highest BCUT2D eigenvalue weighted by atomic mass is 32.2. The normalized spacial score (nSPS) is 11.7. The SMILES string of the molecule is CCCCNC(=NCc1nnc(C)n1C)NCCSC. The Morgan fingerprint density at radius 1 is 1.30 bits per heavy atom. The van der Waals surface area contributed by atoms with Gasteiger partial charge in [-0.05, 0) is 19.6 Å². The molecule has 20 heavy (non-hydrogen) atoms. The van der Waals surface area contributed by atoms with Crippen molar-refractivity contribution < 1.29 is 0 Å². The van der Waals surface area contributed by atoms with Crippen molar-refractivity contribution in [3.8, 4) is 0 Å². The van der Waals surface area contributed by atoms with E-state index in [0.29, 0.717) is 6.54 Å². The van der Waals surface area contributed by atoms with Crippen molar-refractivity contribution >= 4 is 17.7 Å². The first-order valence-corrected chi connectivity index (χ1v) is 8.44. The standard InChI is InChI=1S/C13H26N6S/c1-5-6-7-14-13(15-8-9-20-4)16-10-12-18-17-11(2)19(12)3/h5-10H2,1-4H3,(H2,14,15,16). The van der Waals surface area contributed by atoms with Gasteiger partial charge in [0.15, 0.2) is 11.8 Å². The van der Waals surface area contributed by atoms with Gasteiger partial charge in [-0.1, -0.05) is 13.3 Å². The van der Waals surface area contributed by atoms with Gasteiger partial charge < -0.3 is 15.2 Å². The summed E-state index contributed by atoms with van der Waals surface area (Å²) >= 11 is 1.82. The second-order valence-corrected chi connectivity index (χ2v) is 5.57. The number of aliphatic imine (C=N–C) groups is 1. The van der Waals surface area contributed by atoms with Gasteiger partial charge in [-0.2, -0.15) is 11.8 Å². The fraction of sp³-hybridized carbons (Fsp3) is 0.769. The molecule has 1 rings (SSSR count). The highest BCUT2D eigenvalue weighted by Crippen LogP contribution is 1.99. The molecule has 2 N–H and O–H groups in total. The third-order valence-electron chi connectivity index (χ3n) is 2.98. The molecular formula is C13H26N6S. The van der Waals surface area contributed by atoms with Crippen LogP contribution in [0.3, 0.4) is 0 Å². The van der Waals surface area contributed by atoms with E-state index in [1.54, 1.807) is 0 Å². The Balaban J connectivity index is 2.55. The fourth-order valence-electron chi connectivity index (χ4n) is 1.57. The van der Waals surface area contributed by atoms with Crippen LogP contribution in [0.25, 0.3) is 0 Å². The molecule has 1 aromatic heterocycles. The van der Waals surface area contributed by atoms with Crippen LogP contribution in [0.4, 0.5) is 0 Å². The third-order valence-corrected chi connectivity index (χ3v) is 3.60. The predicted molar refractivity (Wildman–Crippen MR) is 86.2 cm³/mol. The van der Waals surface area contributed by atoms with E-state index in [4.69, 9.17) is 0 Å². The number of hydrogen-bond acceptors (Lipinski definition) is 4. The van der Waals surface area contributed by atoms with Crippen molar-refractivity contribution in [3.05, 3.63) is 11.6 Å². The first-order valence-electron chi connectivity index (χ1n) is 7.05. The maximum absolute atomic E-state index is 4.57. The molecule has 0 aliphatic carbocycles. The minimum atomic E-state index is 0.540. The van der Waals surface area contributed by atoms with E-state index >= 15 is 0 Å². The summed E-state index contributed by atoms with van der Waals surface area (Å²) in [6.07, 6.45) is 4.42. The van der Waals surface area contributed by atoms with Crippen molar-refractivity contribution in [3.63, 3.8) is 0 Å². The molecule has 6 nitrogen and oxygen atoms in total. The van der Waals surface area contributed by atoms with Crippen LogP contribution in [0.15, 0.2) is 4.99 Å². The largest absolute Gasteiger partial charge is 0.356 e. The Bertz CT molecular complexity index is 403. The van der Waals surface area contributed by atoms with Gasteiger partial charge in [-0.25, -0.2) is 4.99 Å². The lowest BCUT2D eigenvalue weighted by molar-refractivity contribution is 0.721. The molecule has 1 aromatic rings. The molecule has 0 amide bonds. The zero-order chi connectivity index (χ0) is 14.8. The number of aromatic nitrogens is 3. The quantitative estimate of drug-likeness (QED) is 0.430. The lowest BCUT2D eigenvalue weighted by atomic mass is 10.3. The summed E-state index contributed by atoms with van der Waals surface area (Å²) in [5, 5.41) is 14.9. The van der Waals surface area contributed by atoms with Crippen molar-refractivity contribution in [2.75, 3.05) is 25.1 Å². The summed E-state index contributed by atoms with van der Waals surface area (Å²) in [6.45, 7) is 6.52. The van der Waals surface area contributed by atoms with Gasteiger partial charge in [-0.3, -0.25) is 0 Å². The molecule has 0 unspecified atom stereocenters. The Hall–Kier alpha value is -1.24. The average molecular weight is 298 g/mol. The Labute approximate surface area is 125 Å². The molecule has 0 fully saturated rings. The van der Waals surface area contributed by atoms with Gasteiger partial charge in [0.1, 0.15) is 12.4 Å². The van der Waals surface area contributed by atoms with Gasteiger partial charge in [0.2, 0.25) is 0 Å². The second kappa shape index (κ2) is 9.63. The molecule has 0 radical (unpaired) electrons. The number of unbranched alkanes of at least 4 members (excludes halogenated alkanes) is 1. The molecular weight excluding hydrogens is 272 g/mol. The van der Waals surface area contributed by atoms with Gasteiger partial charge in [0.05, 0.1) is 0 Å². The lowest BCUT2D eigenvalue weighted by Crippen LogP contribution is -2.39. The number of nitrogens with one attached hydrogen (secondary N) is 2. The molecule has 0 aromatic carbocycles. The summed E-state index contributed by atoms with van der Waals surface area (Å²) < 4.78 is 1.97. The first kappa shape index (κ1) is 16.8. The highest BCUT2D eigenvalue weighted by molar-refractivity contribution is 7.98. The van der Waals surface area contributed by atoms with Crippen LogP contribution in [-0.4, -0.2) is 45.8 Å². The monoisotopic (exact) mass is 298 g/mol. The summed E-state index contributed by atoms with van der Waals surface area (Å²) in [7, 11) is 1.96. The topological polar surface area (TPSA) is 67.1 Å². The molecule has 1 heterocycles. The van der Waals surface area contributed by atoms with Crippen LogP contribution in [0.5, 0.6) is 0 Å². The molecule has 0 aliphatic rings. The van der Waals surface area contributed by atoms with Crippen molar-refractivity contribution in [1.82, 2.24) is 25.4 Å². The van der Waals surface area contributed by atoms with Crippen LogP contribution < -0.4 is 10.6 Å². The van der Waals surface area contributed by atoms with E-state index in [0.717, 1.165) is 42.9 Å². The Morgan fingerprint density at radius 2 is 2.05 bits per heavy atom. The summed E-state index contributed by atoms with van der Waals surface area (Å²) in [5.74, 6) is 3.71. The molecule has 7 heteroatoms. The number of hydrogen-bond donors (Lipinski definition) is 2. The molecule has 0 bridgehead atoms. The first-order chi connectivity index (χ1) is 9.69. The van der Waals surface area contributed by atoms with E-state index in [-0.39, 0.29) is 0 Å². The van der Waals surface area contributed by atoms with E-state index < -0.39 is 0 Å². The Kier molecular flexibility index (Phi) is 8.10. The number of guanidine groups is 1. The molecule has 0 saturated heterocycles. The predicted octanol–water partition coefficient (Wildman–Crippen LogP) is 1.32. The molecule has 114 valence electrons. The summed E-state index contributed by atoms with van der Waals surface area (Å²) in [4.78, 5) is 4.57. The highest BCUT2D eigenvalue weighted by Gasteiger charge is 2.04. The van der Waals surface area contributed by atoms with Crippen LogP contribution >= 0.6 is 11.8 Å². The number of thioether (sulfide) groups is 1. The number of aryl methyl sites for hydroxylation is 1. The summed E-state index contributed by atoms with van der Waals surface area (Å²) in [5.41, 5.74) is 0. The molecule has 0 saturated carbocycles. The van der Waals surface area contributed by atoms with Crippen LogP contribution in [0.2, 0.25) is 0 Å². The maximum atomic E-state index is 4.57. The van der Waals surface area contributed by atoms with Gasteiger partial charge in [0, 0.05) is 25.9 Å². The second-order valence-electron chi connectivity index (χ2n) is 4.59. The minimum absolute atomic E-state index is 0.540. The van der Waals surface area contributed by atoms with Crippen molar-refractivity contribution in [2.24, 2.45) is 12.0 Å². The van der Waals surface area contributed by atoms with Gasteiger partial charge in [-0.15, -0.1) is 10.2 Å². The number of rotatable bonds is 8. The minimum Gasteiger partial charge on any atom is -0.356 e. The van der Waals surface area contributed by atoms with Crippen molar-refractivity contribution in [1.29, 1.82) is 0 Å². The fourth-order valence-corrected chi connectivity index (χ4v) is 1.87. The van der Waals surface area contributed by atoms with Crippen molar-refractivity contribution in [2.45, 2.75) is 33.2 Å². The van der Waals surface area contributed by atoms with Gasteiger partial charge >= 0.3 is 0 Å². The van der Waals surface area contributed by atoms with Gasteiger partial charge in [0.25, 0.3) is 0 Å². The van der Waals surface area contributed by atoms with E-state index in [2.05, 4.69) is 39.0 Å². The van der Waals surface area contributed by atoms with E-state index in [9.17, 15) is 0 Å². The van der Waals surface area contributed by atoms with E-state index in [1.807, 2.05) is 30.3 Å². The molecule has 0 aliphatic heterocycles. The number of nitrogens with zero attached hydrogens (tertiary/aromatic N) is 4. The zero-order valence-electron chi connectivity index (χ0n) is 12.9. The summed E-state index contributed by atoms with van der Waals surface area (Å²) in [6, 6.07) is 0. The van der Waals surface area contributed by atoms with Crippen LogP contribution in [0, 0.1) is 6.92 Å². The molecule has 0 atom stereocenters. The maximum Gasteiger partial charge on any atom is 0.191 e. The lowest BCUT2D eigenvalue weighted by Gasteiger charge is -2.11. The van der Waals surface area contributed by atoms with Crippen LogP contribution in [0.1, 0.15) is 31.4 Å². The molecule has 0 spiro atoms. The zero-order valence-corrected chi connectivity index (χ0v) is 13.8. The van der Waals surface area contributed by atoms with E-state index in [1.165, 1.54) is 6.42 Å². The third kappa shape index (κ3) is 5.81. The smallest absolute Gasteiger partial charge is 0.191 e.